The van der Waals surface area contributed by atoms with Crippen LogP contribution in [0.1, 0.15) is 47.9 Å². The second-order valence-electron chi connectivity index (χ2n) is 10.2. The molecule has 7 nitrogen and oxygen atoms in total. The number of pyridine rings is 1. The number of ether oxygens (including phenoxy) is 1. The Bertz CT molecular complexity index is 1180. The number of nitrogens with zero attached hydrogens (tertiary/aromatic N) is 4. The van der Waals surface area contributed by atoms with E-state index < -0.39 is 0 Å². The van der Waals surface area contributed by atoms with Gasteiger partial charge in [-0.3, -0.25) is 4.79 Å². The minimum Gasteiger partial charge on any atom is -0.378 e. The van der Waals surface area contributed by atoms with Crippen LogP contribution in [0.5, 0.6) is 0 Å². The van der Waals surface area contributed by atoms with Crippen LogP contribution in [0.4, 0.5) is 5.69 Å². The first kappa shape index (κ1) is 19.7. The van der Waals surface area contributed by atoms with Crippen molar-refractivity contribution in [3.05, 3.63) is 59.5 Å². The molecule has 166 valence electrons. The molecule has 1 amide bonds. The fourth-order valence-corrected chi connectivity index (χ4v) is 5.64. The summed E-state index contributed by atoms with van der Waals surface area (Å²) in [6.45, 7) is 7.69. The van der Waals surface area contributed by atoms with E-state index in [1.165, 1.54) is 5.56 Å². The summed E-state index contributed by atoms with van der Waals surface area (Å²) in [5.41, 5.74) is 4.51. The van der Waals surface area contributed by atoms with Gasteiger partial charge in [0.1, 0.15) is 0 Å². The molecule has 1 N–H and O–H groups in total. The molecule has 0 unspecified atom stereocenters. The SMILES string of the molecule is Cc1cc(N2CC[C@](C)(c3ccccc3)C2)cn2nc(C(=O)NCC34COC(C3)C4)nc12. The number of hydrogen-bond acceptors (Lipinski definition) is 5. The van der Waals surface area contributed by atoms with Crippen molar-refractivity contribution in [3.8, 4) is 0 Å². The third-order valence-corrected chi connectivity index (χ3v) is 7.69. The van der Waals surface area contributed by atoms with Crippen LogP contribution in [0.15, 0.2) is 42.6 Å². The molecule has 2 aromatic heterocycles. The van der Waals surface area contributed by atoms with E-state index in [1.807, 2.05) is 13.1 Å². The van der Waals surface area contributed by atoms with Gasteiger partial charge in [0.15, 0.2) is 5.65 Å². The van der Waals surface area contributed by atoms with Gasteiger partial charge < -0.3 is 15.0 Å². The smallest absolute Gasteiger partial charge is 0.291 e. The van der Waals surface area contributed by atoms with Crippen molar-refractivity contribution in [1.29, 1.82) is 0 Å². The van der Waals surface area contributed by atoms with Crippen LogP contribution in [-0.2, 0) is 10.2 Å². The minimum atomic E-state index is -0.211. The summed E-state index contributed by atoms with van der Waals surface area (Å²) >= 11 is 0. The summed E-state index contributed by atoms with van der Waals surface area (Å²) in [5.74, 6) is 0.0178. The van der Waals surface area contributed by atoms with Crippen molar-refractivity contribution in [2.45, 2.75) is 44.6 Å². The maximum Gasteiger partial charge on any atom is 0.291 e. The lowest BCUT2D eigenvalue weighted by Gasteiger charge is -2.35. The van der Waals surface area contributed by atoms with Crippen LogP contribution in [-0.4, -0.2) is 52.9 Å². The first-order valence-corrected chi connectivity index (χ1v) is 11.5. The van der Waals surface area contributed by atoms with Gasteiger partial charge in [0, 0.05) is 30.5 Å². The van der Waals surface area contributed by atoms with E-state index in [-0.39, 0.29) is 22.6 Å². The Morgan fingerprint density at radius 2 is 2.09 bits per heavy atom. The number of aromatic nitrogens is 3. The van der Waals surface area contributed by atoms with E-state index in [2.05, 4.69) is 63.6 Å². The Kier molecular flexibility index (Phi) is 4.34. The molecule has 1 aliphatic carbocycles. The van der Waals surface area contributed by atoms with Crippen molar-refractivity contribution in [3.63, 3.8) is 0 Å². The maximum absolute atomic E-state index is 12.7. The highest BCUT2D eigenvalue weighted by atomic mass is 16.5. The van der Waals surface area contributed by atoms with Crippen molar-refractivity contribution >= 4 is 17.2 Å². The molecule has 7 heteroatoms. The maximum atomic E-state index is 12.7. The second-order valence-corrected chi connectivity index (χ2v) is 10.2. The van der Waals surface area contributed by atoms with Crippen molar-refractivity contribution in [2.75, 3.05) is 31.1 Å². The second kappa shape index (κ2) is 7.04. The Morgan fingerprint density at radius 3 is 2.84 bits per heavy atom. The van der Waals surface area contributed by atoms with Crippen LogP contribution in [0, 0.1) is 12.3 Å². The zero-order valence-corrected chi connectivity index (χ0v) is 18.7. The normalized spacial score (nSPS) is 28.8. The number of aryl methyl sites for hydroxylation is 1. The summed E-state index contributed by atoms with van der Waals surface area (Å²) < 4.78 is 7.40. The first-order chi connectivity index (χ1) is 15.4. The molecule has 1 atom stereocenters. The summed E-state index contributed by atoms with van der Waals surface area (Å²) in [6, 6.07) is 12.9. The van der Waals surface area contributed by atoms with Gasteiger partial charge in [-0.15, -0.1) is 5.10 Å². The summed E-state index contributed by atoms with van der Waals surface area (Å²) in [4.78, 5) is 19.7. The van der Waals surface area contributed by atoms with Crippen LogP contribution in [0.25, 0.3) is 5.65 Å². The number of nitrogens with one attached hydrogen (secondary N) is 1. The average Bonchev–Trinajstić information content (AvgIpc) is 3.55. The minimum absolute atomic E-state index is 0.126. The lowest BCUT2D eigenvalue weighted by molar-refractivity contribution is 0.0880. The zero-order chi connectivity index (χ0) is 21.9. The fourth-order valence-electron chi connectivity index (χ4n) is 5.64. The predicted molar refractivity (Wildman–Crippen MR) is 122 cm³/mol. The average molecular weight is 432 g/mol. The molecule has 7 rings (SSSR count). The number of fused-ring (bicyclic) bond motifs is 2. The molecule has 0 radical (unpaired) electrons. The number of rotatable bonds is 5. The monoisotopic (exact) mass is 431 g/mol. The topological polar surface area (TPSA) is 71.8 Å². The highest BCUT2D eigenvalue weighted by Gasteiger charge is 2.51. The zero-order valence-electron chi connectivity index (χ0n) is 18.7. The van der Waals surface area contributed by atoms with E-state index in [0.717, 1.165) is 55.9 Å². The highest BCUT2D eigenvalue weighted by molar-refractivity contribution is 5.91. The summed E-state index contributed by atoms with van der Waals surface area (Å²) in [6.07, 6.45) is 5.60. The molecule has 3 aromatic rings. The number of benzene rings is 1. The Balaban J connectivity index is 1.21. The van der Waals surface area contributed by atoms with E-state index in [1.54, 1.807) is 4.52 Å². The Morgan fingerprint density at radius 1 is 1.28 bits per heavy atom. The summed E-state index contributed by atoms with van der Waals surface area (Å²) in [7, 11) is 0. The van der Waals surface area contributed by atoms with Gasteiger partial charge in [-0.05, 0) is 43.4 Å². The molecule has 32 heavy (non-hydrogen) atoms. The van der Waals surface area contributed by atoms with E-state index in [4.69, 9.17) is 4.74 Å². The third-order valence-electron chi connectivity index (χ3n) is 7.69. The number of carbonyl (C=O) groups excluding carboxylic acids is 1. The van der Waals surface area contributed by atoms with Crippen LogP contribution < -0.4 is 10.2 Å². The van der Waals surface area contributed by atoms with Crippen molar-refractivity contribution in [2.24, 2.45) is 5.41 Å². The van der Waals surface area contributed by atoms with Gasteiger partial charge >= 0.3 is 0 Å². The van der Waals surface area contributed by atoms with Gasteiger partial charge in [0.25, 0.3) is 5.91 Å². The van der Waals surface area contributed by atoms with Crippen LogP contribution in [0.2, 0.25) is 0 Å². The molecule has 2 bridgehead atoms. The van der Waals surface area contributed by atoms with Crippen molar-refractivity contribution < 1.29 is 9.53 Å². The molecule has 1 saturated carbocycles. The van der Waals surface area contributed by atoms with Crippen LogP contribution in [0.3, 0.4) is 0 Å². The molecule has 4 fully saturated rings. The number of anilines is 1. The van der Waals surface area contributed by atoms with Crippen LogP contribution >= 0.6 is 0 Å². The number of hydrogen-bond donors (Lipinski definition) is 1. The first-order valence-electron chi connectivity index (χ1n) is 11.5. The van der Waals surface area contributed by atoms with Gasteiger partial charge in [-0.2, -0.15) is 0 Å². The Hall–Kier alpha value is -2.93. The molecule has 5 heterocycles. The molecule has 3 aliphatic heterocycles. The van der Waals surface area contributed by atoms with E-state index in [0.29, 0.717) is 12.6 Å². The quantitative estimate of drug-likeness (QED) is 0.672. The standard InChI is InChI=1S/C25H29N5O2/c1-17-10-19(29-9-8-24(2,15-29)18-6-4-3-5-7-18)13-30-22(17)27-21(28-30)23(31)26-14-25-11-20(12-25)32-16-25/h3-7,10,13,20H,8-9,11-12,14-16H2,1-2H3,(H,26,31)/t20?,24-,25?/m0/s1. The van der Waals surface area contributed by atoms with Gasteiger partial charge in [0.05, 0.1) is 24.6 Å². The number of carbonyl (C=O) groups is 1. The predicted octanol–water partition coefficient (Wildman–Crippen LogP) is 3.11. The lowest BCUT2D eigenvalue weighted by atomic mass is 9.70. The number of amides is 1. The molecule has 4 aliphatic rings. The highest BCUT2D eigenvalue weighted by Crippen LogP contribution is 2.49. The molecular weight excluding hydrogens is 402 g/mol. The molecule has 3 saturated heterocycles. The van der Waals surface area contributed by atoms with Gasteiger partial charge in [0.2, 0.25) is 5.82 Å². The Labute approximate surface area is 187 Å². The molecule has 0 spiro atoms. The third kappa shape index (κ3) is 3.18. The lowest BCUT2D eigenvalue weighted by Crippen LogP contribution is -2.44. The van der Waals surface area contributed by atoms with Crippen molar-refractivity contribution in [1.82, 2.24) is 19.9 Å². The molecule has 1 aromatic carbocycles. The summed E-state index contributed by atoms with van der Waals surface area (Å²) in [5, 5.41) is 7.55. The van der Waals surface area contributed by atoms with Gasteiger partial charge in [-0.25, -0.2) is 9.50 Å². The fraction of sp³-hybridized carbons (Fsp3) is 0.480. The van der Waals surface area contributed by atoms with Gasteiger partial charge in [-0.1, -0.05) is 37.3 Å². The largest absolute Gasteiger partial charge is 0.378 e. The molecular formula is C25H29N5O2. The van der Waals surface area contributed by atoms with E-state index >= 15 is 0 Å². The van der Waals surface area contributed by atoms with E-state index in [9.17, 15) is 4.79 Å².